The van der Waals surface area contributed by atoms with Crippen LogP contribution in [0.4, 0.5) is 10.8 Å². The molecule has 3 heterocycles. The molecule has 2 aromatic rings. The molecular weight excluding hydrogens is 276 g/mol. The molecule has 0 spiro atoms. The Bertz CT molecular complexity index is 621. The normalized spacial score (nSPS) is 16.0. The number of aromatic nitrogens is 4. The number of hydrogen-bond donors (Lipinski definition) is 0. The van der Waals surface area contributed by atoms with Gasteiger partial charge in [-0.15, -0.1) is 0 Å². The van der Waals surface area contributed by atoms with E-state index in [1.165, 1.54) is 11.5 Å². The van der Waals surface area contributed by atoms with Crippen molar-refractivity contribution in [2.24, 2.45) is 7.05 Å². The van der Waals surface area contributed by atoms with Gasteiger partial charge in [0.2, 0.25) is 11.0 Å². The van der Waals surface area contributed by atoms with E-state index in [0.29, 0.717) is 13.1 Å². The van der Waals surface area contributed by atoms with Gasteiger partial charge in [0.1, 0.15) is 5.82 Å². The second-order valence-electron chi connectivity index (χ2n) is 4.69. The van der Waals surface area contributed by atoms with E-state index in [4.69, 9.17) is 0 Å². The van der Waals surface area contributed by atoms with Gasteiger partial charge in [-0.05, 0) is 0 Å². The molecule has 0 bridgehead atoms. The number of anilines is 2. The standard InChI is InChI=1S/C12H16N6OS/c1-3-10-14-12(20-15-10)17-4-5-18(11(19)8-17)9-6-13-16(2)7-9/h6-7H,3-5,8H2,1-2H3. The summed E-state index contributed by atoms with van der Waals surface area (Å²) in [6.45, 7) is 3.77. The Morgan fingerprint density at radius 3 is 2.85 bits per heavy atom. The molecule has 1 aliphatic heterocycles. The number of aryl methyl sites for hydroxylation is 2. The van der Waals surface area contributed by atoms with Crippen LogP contribution in [0, 0.1) is 0 Å². The molecule has 0 aliphatic carbocycles. The predicted molar refractivity (Wildman–Crippen MR) is 77.1 cm³/mol. The third-order valence-corrected chi connectivity index (χ3v) is 4.08. The van der Waals surface area contributed by atoms with E-state index in [-0.39, 0.29) is 5.91 Å². The van der Waals surface area contributed by atoms with Crippen molar-refractivity contribution in [3.05, 3.63) is 18.2 Å². The highest BCUT2D eigenvalue weighted by atomic mass is 32.1. The molecule has 0 atom stereocenters. The summed E-state index contributed by atoms with van der Waals surface area (Å²) in [5.41, 5.74) is 0.851. The first-order chi connectivity index (χ1) is 9.67. The van der Waals surface area contributed by atoms with Crippen LogP contribution in [0.1, 0.15) is 12.7 Å². The summed E-state index contributed by atoms with van der Waals surface area (Å²) in [4.78, 5) is 20.5. The monoisotopic (exact) mass is 292 g/mol. The largest absolute Gasteiger partial charge is 0.336 e. The second-order valence-corrected chi connectivity index (χ2v) is 5.42. The molecule has 0 N–H and O–H groups in total. The summed E-state index contributed by atoms with van der Waals surface area (Å²) in [6, 6.07) is 0. The Kier molecular flexibility index (Phi) is 3.39. The van der Waals surface area contributed by atoms with E-state index >= 15 is 0 Å². The van der Waals surface area contributed by atoms with Crippen LogP contribution in [0.25, 0.3) is 0 Å². The molecule has 1 saturated heterocycles. The molecule has 0 aromatic carbocycles. The third kappa shape index (κ3) is 2.38. The molecule has 1 aliphatic rings. The summed E-state index contributed by atoms with van der Waals surface area (Å²) in [5, 5.41) is 4.94. The van der Waals surface area contributed by atoms with Crippen LogP contribution >= 0.6 is 11.5 Å². The lowest BCUT2D eigenvalue weighted by atomic mass is 10.3. The highest BCUT2D eigenvalue weighted by Crippen LogP contribution is 2.22. The fourth-order valence-electron chi connectivity index (χ4n) is 2.17. The van der Waals surface area contributed by atoms with Gasteiger partial charge in [-0.25, -0.2) is 4.98 Å². The first-order valence-corrected chi connectivity index (χ1v) is 7.31. The number of hydrogen-bond acceptors (Lipinski definition) is 6. The van der Waals surface area contributed by atoms with E-state index in [1.54, 1.807) is 15.8 Å². The van der Waals surface area contributed by atoms with Crippen LogP contribution in [-0.2, 0) is 18.3 Å². The Morgan fingerprint density at radius 2 is 2.25 bits per heavy atom. The topological polar surface area (TPSA) is 67.2 Å². The van der Waals surface area contributed by atoms with Crippen molar-refractivity contribution in [2.75, 3.05) is 29.4 Å². The molecule has 1 amide bonds. The van der Waals surface area contributed by atoms with E-state index in [2.05, 4.69) is 14.5 Å². The molecule has 8 heteroatoms. The first-order valence-electron chi connectivity index (χ1n) is 6.54. The Balaban J connectivity index is 1.72. The molecule has 0 radical (unpaired) electrons. The van der Waals surface area contributed by atoms with E-state index in [0.717, 1.165) is 29.6 Å². The van der Waals surface area contributed by atoms with E-state index in [1.807, 2.05) is 25.1 Å². The summed E-state index contributed by atoms with van der Waals surface area (Å²) in [6.07, 6.45) is 4.39. The summed E-state index contributed by atoms with van der Waals surface area (Å²) < 4.78 is 5.97. The van der Waals surface area contributed by atoms with Crippen LogP contribution in [-0.4, -0.2) is 44.7 Å². The van der Waals surface area contributed by atoms with Crippen LogP contribution in [0.5, 0.6) is 0 Å². The Morgan fingerprint density at radius 1 is 1.40 bits per heavy atom. The summed E-state index contributed by atoms with van der Waals surface area (Å²) in [7, 11) is 1.84. The lowest BCUT2D eigenvalue weighted by Gasteiger charge is -2.33. The van der Waals surface area contributed by atoms with Gasteiger partial charge in [-0.3, -0.25) is 9.48 Å². The quantitative estimate of drug-likeness (QED) is 0.832. The maximum absolute atomic E-state index is 12.3. The Labute approximate surface area is 121 Å². The SMILES string of the molecule is CCc1nsc(N2CCN(c3cnn(C)c3)C(=O)C2)n1. The van der Waals surface area contributed by atoms with Crippen LogP contribution in [0.3, 0.4) is 0 Å². The minimum absolute atomic E-state index is 0.0671. The number of amides is 1. The average Bonchev–Trinajstić information content (AvgIpc) is 3.07. The van der Waals surface area contributed by atoms with Gasteiger partial charge < -0.3 is 9.80 Å². The fourth-order valence-corrected chi connectivity index (χ4v) is 2.95. The summed E-state index contributed by atoms with van der Waals surface area (Å²) in [5.74, 6) is 0.907. The predicted octanol–water partition coefficient (Wildman–Crippen LogP) is 0.687. The molecule has 1 fully saturated rings. The molecule has 20 heavy (non-hydrogen) atoms. The second kappa shape index (κ2) is 5.20. The van der Waals surface area contributed by atoms with Gasteiger partial charge in [-0.2, -0.15) is 9.47 Å². The van der Waals surface area contributed by atoms with Gasteiger partial charge >= 0.3 is 0 Å². The summed E-state index contributed by atoms with van der Waals surface area (Å²) >= 11 is 1.36. The smallest absolute Gasteiger partial charge is 0.246 e. The molecule has 0 unspecified atom stereocenters. The van der Waals surface area contributed by atoms with Crippen molar-refractivity contribution in [3.63, 3.8) is 0 Å². The van der Waals surface area contributed by atoms with Gasteiger partial charge in [0, 0.05) is 44.3 Å². The fraction of sp³-hybridized carbons (Fsp3) is 0.500. The molecule has 106 valence electrons. The lowest BCUT2D eigenvalue weighted by Crippen LogP contribution is -2.50. The number of carbonyl (C=O) groups is 1. The molecular formula is C12H16N6OS. The van der Waals surface area contributed by atoms with Crippen LogP contribution in [0.2, 0.25) is 0 Å². The highest BCUT2D eigenvalue weighted by Gasteiger charge is 2.27. The minimum atomic E-state index is 0.0671. The van der Waals surface area contributed by atoms with Crippen molar-refractivity contribution >= 4 is 28.3 Å². The van der Waals surface area contributed by atoms with Crippen molar-refractivity contribution in [1.82, 2.24) is 19.1 Å². The van der Waals surface area contributed by atoms with Gasteiger partial charge in [-0.1, -0.05) is 6.92 Å². The maximum Gasteiger partial charge on any atom is 0.246 e. The maximum atomic E-state index is 12.3. The lowest BCUT2D eigenvalue weighted by molar-refractivity contribution is -0.117. The van der Waals surface area contributed by atoms with Crippen LogP contribution < -0.4 is 9.80 Å². The molecule has 3 rings (SSSR count). The van der Waals surface area contributed by atoms with Crippen molar-refractivity contribution in [2.45, 2.75) is 13.3 Å². The Hall–Kier alpha value is -1.96. The van der Waals surface area contributed by atoms with Gasteiger partial charge in [0.05, 0.1) is 18.4 Å². The number of carbonyl (C=O) groups excluding carboxylic acids is 1. The number of nitrogens with zero attached hydrogens (tertiary/aromatic N) is 6. The van der Waals surface area contributed by atoms with Crippen LogP contribution in [0.15, 0.2) is 12.4 Å². The zero-order chi connectivity index (χ0) is 14.1. The molecule has 7 nitrogen and oxygen atoms in total. The number of piperazine rings is 1. The van der Waals surface area contributed by atoms with Crippen molar-refractivity contribution < 1.29 is 4.79 Å². The van der Waals surface area contributed by atoms with Crippen molar-refractivity contribution in [3.8, 4) is 0 Å². The van der Waals surface area contributed by atoms with E-state index < -0.39 is 0 Å². The third-order valence-electron chi connectivity index (χ3n) is 3.27. The highest BCUT2D eigenvalue weighted by molar-refractivity contribution is 7.09. The minimum Gasteiger partial charge on any atom is -0.336 e. The van der Waals surface area contributed by atoms with Crippen molar-refractivity contribution in [1.29, 1.82) is 0 Å². The average molecular weight is 292 g/mol. The molecule has 0 saturated carbocycles. The zero-order valence-electron chi connectivity index (χ0n) is 11.5. The zero-order valence-corrected chi connectivity index (χ0v) is 12.3. The van der Waals surface area contributed by atoms with E-state index in [9.17, 15) is 4.79 Å². The first kappa shape index (κ1) is 13.0. The van der Waals surface area contributed by atoms with Gasteiger partial charge in [0.15, 0.2) is 0 Å². The van der Waals surface area contributed by atoms with Gasteiger partial charge in [0.25, 0.3) is 0 Å². The number of rotatable bonds is 3. The molecule has 2 aromatic heterocycles.